The van der Waals surface area contributed by atoms with Gasteiger partial charge in [-0.3, -0.25) is 9.69 Å². The largest absolute Gasteiger partial charge is 0.395 e. The number of benzene rings is 1. The molecule has 1 aromatic rings. The van der Waals surface area contributed by atoms with Crippen LogP contribution in [-0.4, -0.2) is 42.2 Å². The smallest absolute Gasteiger partial charge is 0.238 e. The van der Waals surface area contributed by atoms with Gasteiger partial charge in [0.2, 0.25) is 5.91 Å². The maximum absolute atomic E-state index is 11.8. The molecule has 5 nitrogen and oxygen atoms in total. The van der Waals surface area contributed by atoms with E-state index in [0.717, 1.165) is 11.3 Å². The lowest BCUT2D eigenvalue weighted by atomic mass is 10.2. The third-order valence-electron chi connectivity index (χ3n) is 2.86. The Kier molecular flexibility index (Phi) is 5.77. The minimum absolute atomic E-state index is 0.0342. The van der Waals surface area contributed by atoms with Gasteiger partial charge in [-0.05, 0) is 31.7 Å². The van der Waals surface area contributed by atoms with Crippen LogP contribution < -0.4 is 11.1 Å². The first-order valence-electron chi connectivity index (χ1n) is 5.96. The molecule has 18 heavy (non-hydrogen) atoms. The number of rotatable bonds is 6. The summed E-state index contributed by atoms with van der Waals surface area (Å²) in [5.74, 6) is -0.105. The van der Waals surface area contributed by atoms with Gasteiger partial charge < -0.3 is 16.2 Å². The Morgan fingerprint density at radius 1 is 1.56 bits per heavy atom. The number of nitrogens with zero attached hydrogens (tertiary/aromatic N) is 1. The lowest BCUT2D eigenvalue weighted by Crippen LogP contribution is -2.38. The molecule has 0 heterocycles. The molecule has 0 aliphatic heterocycles. The molecule has 100 valence electrons. The Bertz CT molecular complexity index is 396. The number of likely N-dealkylation sites (N-methyl/N-ethyl adjacent to an activating group) is 1. The minimum atomic E-state index is -0.105. The number of carbonyl (C=O) groups excluding carboxylic acids is 1. The Morgan fingerprint density at radius 2 is 2.28 bits per heavy atom. The maximum atomic E-state index is 11.8. The molecule has 1 atom stereocenters. The molecule has 0 saturated carbocycles. The molecule has 1 rings (SSSR count). The number of anilines is 1. The van der Waals surface area contributed by atoms with Crippen molar-refractivity contribution in [3.63, 3.8) is 0 Å². The van der Waals surface area contributed by atoms with Crippen LogP contribution in [0.3, 0.4) is 0 Å². The van der Waals surface area contributed by atoms with Crippen LogP contribution >= 0.6 is 0 Å². The molecular weight excluding hydrogens is 230 g/mol. The molecule has 0 spiro atoms. The Labute approximate surface area is 108 Å². The highest BCUT2D eigenvalue weighted by molar-refractivity contribution is 5.92. The number of carbonyl (C=O) groups is 1. The topological polar surface area (TPSA) is 78.6 Å². The third-order valence-corrected chi connectivity index (χ3v) is 2.86. The van der Waals surface area contributed by atoms with Gasteiger partial charge in [0.25, 0.3) is 0 Å². The monoisotopic (exact) mass is 251 g/mol. The van der Waals surface area contributed by atoms with Crippen LogP contribution in [0.15, 0.2) is 24.3 Å². The van der Waals surface area contributed by atoms with Gasteiger partial charge in [-0.1, -0.05) is 12.1 Å². The summed E-state index contributed by atoms with van der Waals surface area (Å²) in [5.41, 5.74) is 7.26. The molecule has 0 bridgehead atoms. The summed E-state index contributed by atoms with van der Waals surface area (Å²) in [6.07, 6.45) is 0. The van der Waals surface area contributed by atoms with E-state index in [9.17, 15) is 4.79 Å². The summed E-state index contributed by atoms with van der Waals surface area (Å²) in [6, 6.07) is 7.42. The van der Waals surface area contributed by atoms with Crippen LogP contribution in [-0.2, 0) is 11.3 Å². The van der Waals surface area contributed by atoms with Crippen LogP contribution in [0.4, 0.5) is 5.69 Å². The van der Waals surface area contributed by atoms with E-state index in [1.807, 2.05) is 31.2 Å². The second-order valence-electron chi connectivity index (χ2n) is 4.40. The quantitative estimate of drug-likeness (QED) is 0.683. The predicted molar refractivity (Wildman–Crippen MR) is 72.1 cm³/mol. The number of hydrogen-bond acceptors (Lipinski definition) is 4. The standard InChI is InChI=1S/C13H21N3O2/c1-10(9-17)16(2)8-13(18)15-12-5-3-4-11(6-12)7-14/h3-6,10,17H,7-9,14H2,1-2H3,(H,15,18). The summed E-state index contributed by atoms with van der Waals surface area (Å²) >= 11 is 0. The number of hydrogen-bond donors (Lipinski definition) is 3. The van der Waals surface area contributed by atoms with Crippen LogP contribution in [0, 0.1) is 0 Å². The average Bonchev–Trinajstić information content (AvgIpc) is 2.37. The Balaban J connectivity index is 2.53. The van der Waals surface area contributed by atoms with Crippen LogP contribution in [0.25, 0.3) is 0 Å². The third kappa shape index (κ3) is 4.44. The van der Waals surface area contributed by atoms with E-state index in [-0.39, 0.29) is 25.1 Å². The van der Waals surface area contributed by atoms with Gasteiger partial charge in [-0.15, -0.1) is 0 Å². The zero-order valence-electron chi connectivity index (χ0n) is 10.9. The zero-order chi connectivity index (χ0) is 13.5. The van der Waals surface area contributed by atoms with Gasteiger partial charge in [0.05, 0.1) is 13.2 Å². The lowest BCUT2D eigenvalue weighted by molar-refractivity contribution is -0.117. The van der Waals surface area contributed by atoms with Crippen molar-refractivity contribution in [2.24, 2.45) is 5.73 Å². The van der Waals surface area contributed by atoms with Gasteiger partial charge in [-0.25, -0.2) is 0 Å². The second kappa shape index (κ2) is 7.10. The normalized spacial score (nSPS) is 12.5. The summed E-state index contributed by atoms with van der Waals surface area (Å²) in [6.45, 7) is 2.59. The fourth-order valence-electron chi connectivity index (χ4n) is 1.50. The maximum Gasteiger partial charge on any atom is 0.238 e. The summed E-state index contributed by atoms with van der Waals surface area (Å²) in [5, 5.41) is 11.8. The van der Waals surface area contributed by atoms with E-state index in [4.69, 9.17) is 10.8 Å². The highest BCUT2D eigenvalue weighted by Crippen LogP contribution is 2.10. The van der Waals surface area contributed by atoms with Crippen LogP contribution in [0.5, 0.6) is 0 Å². The Morgan fingerprint density at radius 3 is 2.89 bits per heavy atom. The van der Waals surface area contributed by atoms with E-state index in [0.29, 0.717) is 6.54 Å². The fourth-order valence-corrected chi connectivity index (χ4v) is 1.50. The van der Waals surface area contributed by atoms with E-state index in [1.54, 1.807) is 11.9 Å². The van der Waals surface area contributed by atoms with Crippen molar-refractivity contribution in [3.8, 4) is 0 Å². The molecule has 4 N–H and O–H groups in total. The zero-order valence-corrected chi connectivity index (χ0v) is 10.9. The van der Waals surface area contributed by atoms with E-state index in [1.165, 1.54) is 0 Å². The van der Waals surface area contributed by atoms with Gasteiger partial charge >= 0.3 is 0 Å². The van der Waals surface area contributed by atoms with Crippen molar-refractivity contribution >= 4 is 11.6 Å². The summed E-state index contributed by atoms with van der Waals surface area (Å²) < 4.78 is 0. The number of nitrogens with two attached hydrogens (primary N) is 1. The van der Waals surface area contributed by atoms with Crippen molar-refractivity contribution in [1.29, 1.82) is 0 Å². The van der Waals surface area contributed by atoms with Gasteiger partial charge in [0.15, 0.2) is 0 Å². The van der Waals surface area contributed by atoms with Gasteiger partial charge in [0, 0.05) is 18.3 Å². The molecule has 1 aromatic carbocycles. The number of nitrogens with one attached hydrogen (secondary N) is 1. The molecule has 0 aliphatic rings. The van der Waals surface area contributed by atoms with Gasteiger partial charge in [-0.2, -0.15) is 0 Å². The molecule has 0 aliphatic carbocycles. The minimum Gasteiger partial charge on any atom is -0.395 e. The van der Waals surface area contributed by atoms with Crippen molar-refractivity contribution in [2.75, 3.05) is 25.5 Å². The van der Waals surface area contributed by atoms with Crippen molar-refractivity contribution in [1.82, 2.24) is 4.90 Å². The first-order chi connectivity index (χ1) is 8.56. The number of aliphatic hydroxyl groups is 1. The van der Waals surface area contributed by atoms with Gasteiger partial charge in [0.1, 0.15) is 0 Å². The fraction of sp³-hybridized carbons (Fsp3) is 0.462. The van der Waals surface area contributed by atoms with Crippen molar-refractivity contribution < 1.29 is 9.90 Å². The number of amides is 1. The second-order valence-corrected chi connectivity index (χ2v) is 4.40. The highest BCUT2D eigenvalue weighted by atomic mass is 16.3. The molecule has 1 amide bonds. The van der Waals surface area contributed by atoms with E-state index in [2.05, 4.69) is 5.32 Å². The van der Waals surface area contributed by atoms with Crippen molar-refractivity contribution in [3.05, 3.63) is 29.8 Å². The van der Waals surface area contributed by atoms with E-state index < -0.39 is 0 Å². The molecule has 0 saturated heterocycles. The molecule has 0 aromatic heterocycles. The highest BCUT2D eigenvalue weighted by Gasteiger charge is 2.12. The summed E-state index contributed by atoms with van der Waals surface area (Å²) in [4.78, 5) is 13.6. The molecule has 1 unspecified atom stereocenters. The van der Waals surface area contributed by atoms with Crippen LogP contribution in [0.2, 0.25) is 0 Å². The molecule has 0 fully saturated rings. The van der Waals surface area contributed by atoms with Crippen LogP contribution in [0.1, 0.15) is 12.5 Å². The Hall–Kier alpha value is -1.43. The first kappa shape index (κ1) is 14.6. The number of aliphatic hydroxyl groups excluding tert-OH is 1. The van der Waals surface area contributed by atoms with E-state index >= 15 is 0 Å². The first-order valence-corrected chi connectivity index (χ1v) is 5.96. The molecule has 5 heteroatoms. The SMILES string of the molecule is CC(CO)N(C)CC(=O)Nc1cccc(CN)c1. The van der Waals surface area contributed by atoms with Crippen molar-refractivity contribution in [2.45, 2.75) is 19.5 Å². The lowest BCUT2D eigenvalue weighted by Gasteiger charge is -2.22. The molecular formula is C13H21N3O2. The summed E-state index contributed by atoms with van der Waals surface area (Å²) in [7, 11) is 1.80. The predicted octanol–water partition coefficient (Wildman–Crippen LogP) is 0.396. The molecule has 0 radical (unpaired) electrons. The average molecular weight is 251 g/mol.